The number of anilines is 1. The van der Waals surface area contributed by atoms with Gasteiger partial charge in [-0.25, -0.2) is 0 Å². The van der Waals surface area contributed by atoms with Crippen LogP contribution in [0.2, 0.25) is 0 Å². The molecule has 20 heavy (non-hydrogen) atoms. The fraction of sp³-hybridized carbons (Fsp3) is 0.0714. The van der Waals surface area contributed by atoms with Gasteiger partial charge in [-0.05, 0) is 30.7 Å². The summed E-state index contributed by atoms with van der Waals surface area (Å²) in [6.07, 6.45) is 0. The maximum Gasteiger partial charge on any atom is 0.269 e. The molecule has 2 aromatic carbocycles. The summed E-state index contributed by atoms with van der Waals surface area (Å²) in [5.41, 5.74) is 1.25. The minimum absolute atomic E-state index is 0.0446. The number of benzene rings is 2. The quantitative estimate of drug-likeness (QED) is 0.663. The van der Waals surface area contributed by atoms with Crippen molar-refractivity contribution < 1.29 is 14.8 Å². The van der Waals surface area contributed by atoms with E-state index in [-0.39, 0.29) is 17.3 Å². The number of hydrogen-bond acceptors (Lipinski definition) is 4. The normalized spacial score (nSPS) is 10.1. The number of nitro benzene ring substituents is 1. The average Bonchev–Trinajstić information content (AvgIpc) is 2.38. The maximum absolute atomic E-state index is 12.1. The molecule has 0 radical (unpaired) electrons. The van der Waals surface area contributed by atoms with Crippen LogP contribution in [0, 0.1) is 17.0 Å². The van der Waals surface area contributed by atoms with Crippen molar-refractivity contribution in [1.29, 1.82) is 0 Å². The molecule has 0 aliphatic heterocycles. The molecule has 2 aromatic rings. The highest BCUT2D eigenvalue weighted by molar-refractivity contribution is 6.05. The zero-order valence-corrected chi connectivity index (χ0v) is 10.7. The number of rotatable bonds is 3. The summed E-state index contributed by atoms with van der Waals surface area (Å²) >= 11 is 0. The van der Waals surface area contributed by atoms with Gasteiger partial charge >= 0.3 is 0 Å². The summed E-state index contributed by atoms with van der Waals surface area (Å²) in [5, 5.41) is 22.6. The van der Waals surface area contributed by atoms with Crippen molar-refractivity contribution in [2.45, 2.75) is 6.92 Å². The van der Waals surface area contributed by atoms with Crippen molar-refractivity contribution in [2.75, 3.05) is 5.32 Å². The Bertz CT molecular complexity index is 683. The van der Waals surface area contributed by atoms with E-state index in [1.165, 1.54) is 30.3 Å². The van der Waals surface area contributed by atoms with Crippen LogP contribution in [0.25, 0.3) is 0 Å². The Labute approximate surface area is 114 Å². The summed E-state index contributed by atoms with van der Waals surface area (Å²) in [6, 6.07) is 10.2. The predicted octanol–water partition coefficient (Wildman–Crippen LogP) is 2.86. The number of nitrogens with zero attached hydrogens (tertiary/aromatic N) is 1. The molecule has 0 saturated heterocycles. The van der Waals surface area contributed by atoms with Gasteiger partial charge in [-0.1, -0.05) is 6.07 Å². The average molecular weight is 272 g/mol. The van der Waals surface area contributed by atoms with Gasteiger partial charge in [-0.3, -0.25) is 14.9 Å². The smallest absolute Gasteiger partial charge is 0.269 e. The molecule has 6 nitrogen and oxygen atoms in total. The number of nitro groups is 1. The highest BCUT2D eigenvalue weighted by Gasteiger charge is 2.13. The van der Waals surface area contributed by atoms with Crippen LogP contribution in [-0.4, -0.2) is 15.9 Å². The van der Waals surface area contributed by atoms with E-state index in [9.17, 15) is 20.0 Å². The molecule has 0 atom stereocenters. The highest BCUT2D eigenvalue weighted by Crippen LogP contribution is 2.20. The lowest BCUT2D eigenvalue weighted by Gasteiger charge is -2.07. The van der Waals surface area contributed by atoms with E-state index < -0.39 is 4.92 Å². The van der Waals surface area contributed by atoms with Gasteiger partial charge in [0.25, 0.3) is 11.6 Å². The number of phenols is 1. The molecule has 0 fully saturated rings. The fourth-order valence-corrected chi connectivity index (χ4v) is 1.80. The first-order valence-corrected chi connectivity index (χ1v) is 5.83. The third kappa shape index (κ3) is 2.92. The van der Waals surface area contributed by atoms with Crippen molar-refractivity contribution >= 4 is 17.3 Å². The first-order valence-electron chi connectivity index (χ1n) is 5.83. The molecule has 0 bridgehead atoms. The van der Waals surface area contributed by atoms with E-state index in [0.717, 1.165) is 0 Å². The van der Waals surface area contributed by atoms with Gasteiger partial charge in [-0.2, -0.15) is 0 Å². The van der Waals surface area contributed by atoms with E-state index in [4.69, 9.17) is 0 Å². The topological polar surface area (TPSA) is 92.5 Å². The van der Waals surface area contributed by atoms with Crippen molar-refractivity contribution in [2.24, 2.45) is 0 Å². The summed E-state index contributed by atoms with van der Waals surface area (Å²) in [7, 11) is 0. The van der Waals surface area contributed by atoms with Gasteiger partial charge in [-0.15, -0.1) is 0 Å². The Morgan fingerprint density at radius 1 is 1.25 bits per heavy atom. The van der Waals surface area contributed by atoms with E-state index in [0.29, 0.717) is 16.8 Å². The molecule has 0 aliphatic carbocycles. The molecule has 0 aliphatic rings. The van der Waals surface area contributed by atoms with Crippen LogP contribution < -0.4 is 5.32 Å². The minimum Gasteiger partial charge on any atom is -0.508 e. The first kappa shape index (κ1) is 13.5. The number of carbonyl (C=O) groups is 1. The van der Waals surface area contributed by atoms with Crippen LogP contribution in [0.4, 0.5) is 11.4 Å². The molecule has 2 rings (SSSR count). The number of carbonyl (C=O) groups excluding carboxylic acids is 1. The number of amides is 1. The van der Waals surface area contributed by atoms with Gasteiger partial charge in [0.15, 0.2) is 0 Å². The van der Waals surface area contributed by atoms with Crippen LogP contribution in [0.5, 0.6) is 5.75 Å². The summed E-state index contributed by atoms with van der Waals surface area (Å²) in [4.78, 5) is 22.2. The van der Waals surface area contributed by atoms with Crippen molar-refractivity contribution in [3.63, 3.8) is 0 Å². The Hall–Kier alpha value is -2.89. The Balaban J connectivity index is 2.23. The second-order valence-corrected chi connectivity index (χ2v) is 4.26. The van der Waals surface area contributed by atoms with Crippen LogP contribution in [0.3, 0.4) is 0 Å². The molecule has 2 N–H and O–H groups in total. The lowest BCUT2D eigenvalue weighted by molar-refractivity contribution is -0.384. The van der Waals surface area contributed by atoms with Gasteiger partial charge in [0.1, 0.15) is 5.75 Å². The van der Waals surface area contributed by atoms with E-state index in [1.807, 2.05) is 0 Å². The fourth-order valence-electron chi connectivity index (χ4n) is 1.80. The number of aryl methyl sites for hydroxylation is 1. The molecule has 6 heteroatoms. The van der Waals surface area contributed by atoms with Crippen molar-refractivity contribution in [3.8, 4) is 5.75 Å². The maximum atomic E-state index is 12.1. The SMILES string of the molecule is Cc1cc([N+](=O)[O-])ccc1C(=O)Nc1cccc(O)c1. The minimum atomic E-state index is -0.510. The van der Waals surface area contributed by atoms with Gasteiger partial charge in [0.2, 0.25) is 0 Å². The molecule has 0 saturated carbocycles. The van der Waals surface area contributed by atoms with Crippen LogP contribution in [0.1, 0.15) is 15.9 Å². The highest BCUT2D eigenvalue weighted by atomic mass is 16.6. The summed E-state index contributed by atoms with van der Waals surface area (Å²) in [6.45, 7) is 1.63. The van der Waals surface area contributed by atoms with Crippen LogP contribution >= 0.6 is 0 Å². The Morgan fingerprint density at radius 3 is 2.60 bits per heavy atom. The van der Waals surface area contributed by atoms with E-state index in [2.05, 4.69) is 5.32 Å². The molecular weight excluding hydrogens is 260 g/mol. The molecular formula is C14H12N2O4. The first-order chi connectivity index (χ1) is 9.47. The molecule has 0 heterocycles. The lowest BCUT2D eigenvalue weighted by Crippen LogP contribution is -2.13. The largest absolute Gasteiger partial charge is 0.508 e. The second kappa shape index (κ2) is 5.40. The number of hydrogen-bond donors (Lipinski definition) is 2. The second-order valence-electron chi connectivity index (χ2n) is 4.26. The third-order valence-corrected chi connectivity index (χ3v) is 2.77. The van der Waals surface area contributed by atoms with Crippen molar-refractivity contribution in [3.05, 3.63) is 63.7 Å². The molecule has 0 unspecified atom stereocenters. The van der Waals surface area contributed by atoms with Gasteiger partial charge in [0, 0.05) is 29.4 Å². The van der Waals surface area contributed by atoms with Crippen LogP contribution in [-0.2, 0) is 0 Å². The van der Waals surface area contributed by atoms with Crippen LogP contribution in [0.15, 0.2) is 42.5 Å². The Kier molecular flexibility index (Phi) is 3.65. The zero-order chi connectivity index (χ0) is 14.7. The summed E-state index contributed by atoms with van der Waals surface area (Å²) < 4.78 is 0. The molecule has 1 amide bonds. The van der Waals surface area contributed by atoms with Gasteiger partial charge < -0.3 is 10.4 Å². The standard InChI is InChI=1S/C14H12N2O4/c1-9-7-11(16(19)20)5-6-13(9)14(18)15-10-3-2-4-12(17)8-10/h2-8,17H,1H3,(H,15,18). The number of non-ortho nitro benzene ring substituents is 1. The zero-order valence-electron chi connectivity index (χ0n) is 10.7. The van der Waals surface area contributed by atoms with Gasteiger partial charge in [0.05, 0.1) is 4.92 Å². The predicted molar refractivity (Wildman–Crippen MR) is 73.9 cm³/mol. The van der Waals surface area contributed by atoms with E-state index in [1.54, 1.807) is 19.1 Å². The monoisotopic (exact) mass is 272 g/mol. The third-order valence-electron chi connectivity index (χ3n) is 2.77. The lowest BCUT2D eigenvalue weighted by atomic mass is 10.1. The summed E-state index contributed by atoms with van der Waals surface area (Å²) in [5.74, 6) is -0.341. The number of nitrogens with one attached hydrogen (secondary N) is 1. The molecule has 0 aromatic heterocycles. The Morgan fingerprint density at radius 2 is 2.00 bits per heavy atom. The van der Waals surface area contributed by atoms with E-state index >= 15 is 0 Å². The molecule has 102 valence electrons. The molecule has 0 spiro atoms. The number of aromatic hydroxyl groups is 1. The van der Waals surface area contributed by atoms with Crippen molar-refractivity contribution in [1.82, 2.24) is 0 Å². The number of phenolic OH excluding ortho intramolecular Hbond substituents is 1.